The molecule has 0 aliphatic heterocycles. The van der Waals surface area contributed by atoms with Gasteiger partial charge >= 0.3 is 11.8 Å². The number of hydrogen-bond acceptors (Lipinski definition) is 7. The van der Waals surface area contributed by atoms with Crippen LogP contribution in [0.25, 0.3) is 0 Å². The number of hydrogen-bond donors (Lipinski definition) is 1. The fourth-order valence-corrected chi connectivity index (χ4v) is 2.04. The van der Waals surface area contributed by atoms with Gasteiger partial charge in [-0.2, -0.15) is 0 Å². The van der Waals surface area contributed by atoms with E-state index >= 15 is 0 Å². The Labute approximate surface area is 116 Å². The molecule has 2 aromatic heterocycles. The maximum atomic E-state index is 10.9. The molecule has 2 heterocycles. The van der Waals surface area contributed by atoms with Crippen LogP contribution in [0.1, 0.15) is 21.2 Å². The number of nitro groups is 1. The van der Waals surface area contributed by atoms with Gasteiger partial charge in [-0.3, -0.25) is 0 Å². The average molecular weight is 295 g/mol. The molecule has 1 N–H and O–H groups in total. The summed E-state index contributed by atoms with van der Waals surface area (Å²) in [5, 5.41) is 21.1. The highest BCUT2D eigenvalue weighted by atomic mass is 32.1. The largest absolute Gasteiger partial charge is 0.479 e. The molecular weight excluding hydrogens is 286 g/mol. The van der Waals surface area contributed by atoms with Gasteiger partial charge in [0.15, 0.2) is 0 Å². The maximum Gasteiger partial charge on any atom is 0.406 e. The van der Waals surface area contributed by atoms with Crippen LogP contribution in [-0.2, 0) is 6.61 Å². The molecule has 0 atom stereocenters. The van der Waals surface area contributed by atoms with E-state index in [1.54, 1.807) is 13.0 Å². The van der Waals surface area contributed by atoms with E-state index < -0.39 is 10.9 Å². The third-order valence-electron chi connectivity index (χ3n) is 2.26. The lowest BCUT2D eigenvalue weighted by Crippen LogP contribution is -2.02. The van der Waals surface area contributed by atoms with Crippen LogP contribution < -0.4 is 4.74 Å². The molecule has 2 rings (SSSR count). The Balaban J connectivity index is 2.14. The number of aromatic carboxylic acids is 1. The first-order valence-electron chi connectivity index (χ1n) is 5.40. The summed E-state index contributed by atoms with van der Waals surface area (Å²) in [5.74, 6) is -1.48. The van der Waals surface area contributed by atoms with Gasteiger partial charge in [-0.05, 0) is 22.0 Å². The first-order valence-corrected chi connectivity index (χ1v) is 6.28. The molecule has 0 saturated carbocycles. The van der Waals surface area contributed by atoms with E-state index in [0.29, 0.717) is 11.4 Å². The number of aryl methyl sites for hydroxylation is 1. The molecule has 0 amide bonds. The molecule has 8 nitrogen and oxygen atoms in total. The van der Waals surface area contributed by atoms with Crippen molar-refractivity contribution in [2.24, 2.45) is 0 Å². The second-order valence-corrected chi connectivity index (χ2v) is 4.63. The standard InChI is InChI=1S/C11H9N3O5S/c1-6-2-3-8(9(12-6)14(17)18)19-4-7-5-20-10(13-7)11(15)16/h2-3,5H,4H2,1H3,(H,15,16). The minimum absolute atomic E-state index is 0.0190. The predicted molar refractivity (Wildman–Crippen MR) is 69.0 cm³/mol. The quantitative estimate of drug-likeness (QED) is 0.662. The Hall–Kier alpha value is -2.55. The van der Waals surface area contributed by atoms with E-state index in [1.165, 1.54) is 11.4 Å². The third-order valence-corrected chi connectivity index (χ3v) is 3.14. The smallest absolute Gasteiger partial charge is 0.406 e. The Bertz CT molecular complexity index is 670. The molecule has 20 heavy (non-hydrogen) atoms. The predicted octanol–water partition coefficient (Wildman–Crippen LogP) is 2.03. The summed E-state index contributed by atoms with van der Waals surface area (Å²) in [4.78, 5) is 28.5. The number of aromatic nitrogens is 2. The van der Waals surface area contributed by atoms with Crippen LogP contribution in [-0.4, -0.2) is 26.0 Å². The molecular formula is C11H9N3O5S. The zero-order valence-corrected chi connectivity index (χ0v) is 11.1. The lowest BCUT2D eigenvalue weighted by molar-refractivity contribution is -0.390. The SMILES string of the molecule is Cc1ccc(OCc2csc(C(=O)O)n2)c([N+](=O)[O-])n1. The van der Waals surface area contributed by atoms with Gasteiger partial charge in [0.05, 0.1) is 5.69 Å². The molecule has 104 valence electrons. The van der Waals surface area contributed by atoms with Crippen molar-refractivity contribution in [2.75, 3.05) is 0 Å². The Kier molecular flexibility index (Phi) is 3.89. The molecule has 2 aromatic rings. The summed E-state index contributed by atoms with van der Waals surface area (Å²) in [5.41, 5.74) is 0.896. The van der Waals surface area contributed by atoms with Crippen molar-refractivity contribution in [3.63, 3.8) is 0 Å². The maximum absolute atomic E-state index is 10.9. The second-order valence-electron chi connectivity index (χ2n) is 3.77. The molecule has 9 heteroatoms. The van der Waals surface area contributed by atoms with Gasteiger partial charge in [0.25, 0.3) is 0 Å². The van der Waals surface area contributed by atoms with E-state index in [4.69, 9.17) is 9.84 Å². The number of pyridine rings is 1. The first kappa shape index (κ1) is 13.9. The Morgan fingerprint density at radius 1 is 1.50 bits per heavy atom. The van der Waals surface area contributed by atoms with Gasteiger partial charge in [-0.15, -0.1) is 11.3 Å². The highest BCUT2D eigenvalue weighted by Crippen LogP contribution is 2.25. The van der Waals surface area contributed by atoms with Crippen molar-refractivity contribution in [1.29, 1.82) is 0 Å². The molecule has 0 bridgehead atoms. The monoisotopic (exact) mass is 295 g/mol. The number of carboxylic acids is 1. The van der Waals surface area contributed by atoms with Crippen molar-refractivity contribution in [3.05, 3.63) is 44.0 Å². The van der Waals surface area contributed by atoms with Crippen molar-refractivity contribution in [1.82, 2.24) is 9.97 Å². The van der Waals surface area contributed by atoms with E-state index in [-0.39, 0.29) is 23.2 Å². The summed E-state index contributed by atoms with van der Waals surface area (Å²) in [6.45, 7) is 1.58. The number of carboxylic acid groups (broad SMARTS) is 1. The van der Waals surface area contributed by atoms with Crippen molar-refractivity contribution in [2.45, 2.75) is 13.5 Å². The third kappa shape index (κ3) is 3.06. The van der Waals surface area contributed by atoms with Crippen molar-refractivity contribution < 1.29 is 19.6 Å². The van der Waals surface area contributed by atoms with Gasteiger partial charge in [0.1, 0.15) is 12.3 Å². The van der Waals surface area contributed by atoms with Crippen molar-refractivity contribution in [3.8, 4) is 5.75 Å². The minimum atomic E-state index is -1.12. The molecule has 0 saturated heterocycles. The highest BCUT2D eigenvalue weighted by Gasteiger charge is 2.18. The van der Waals surface area contributed by atoms with Gasteiger partial charge in [-0.25, -0.2) is 9.78 Å². The first-order chi connectivity index (χ1) is 9.47. The van der Waals surface area contributed by atoms with Gasteiger partial charge in [-0.1, -0.05) is 0 Å². The molecule has 0 radical (unpaired) electrons. The van der Waals surface area contributed by atoms with Crippen LogP contribution in [0.2, 0.25) is 0 Å². The molecule has 0 spiro atoms. The normalized spacial score (nSPS) is 10.2. The summed E-state index contributed by atoms with van der Waals surface area (Å²) in [7, 11) is 0. The van der Waals surface area contributed by atoms with E-state index in [2.05, 4.69) is 9.97 Å². The number of carbonyl (C=O) groups is 1. The zero-order valence-electron chi connectivity index (χ0n) is 10.3. The highest BCUT2D eigenvalue weighted by molar-refractivity contribution is 7.11. The van der Waals surface area contributed by atoms with Crippen molar-refractivity contribution >= 4 is 23.1 Å². The van der Waals surface area contributed by atoms with Gasteiger partial charge < -0.3 is 20.0 Å². The molecule has 0 aliphatic carbocycles. The number of ether oxygens (including phenoxy) is 1. The van der Waals surface area contributed by atoms with Gasteiger partial charge in [0, 0.05) is 12.3 Å². The van der Waals surface area contributed by atoms with Crippen LogP contribution in [0.4, 0.5) is 5.82 Å². The average Bonchev–Trinajstić information content (AvgIpc) is 2.86. The summed E-state index contributed by atoms with van der Waals surface area (Å²) >= 11 is 0.966. The van der Waals surface area contributed by atoms with E-state index in [1.807, 2.05) is 0 Å². The molecule has 0 aromatic carbocycles. The fourth-order valence-electron chi connectivity index (χ4n) is 1.40. The zero-order chi connectivity index (χ0) is 14.7. The second kappa shape index (κ2) is 5.61. The summed E-state index contributed by atoms with van der Waals surface area (Å²) < 4.78 is 5.28. The molecule has 0 unspecified atom stereocenters. The molecule has 0 fully saturated rings. The number of rotatable bonds is 5. The van der Waals surface area contributed by atoms with Crippen LogP contribution in [0, 0.1) is 17.0 Å². The van der Waals surface area contributed by atoms with Crippen LogP contribution in [0.15, 0.2) is 17.5 Å². The fraction of sp³-hybridized carbons (Fsp3) is 0.182. The Morgan fingerprint density at radius 3 is 2.85 bits per heavy atom. The number of nitrogens with zero attached hydrogens (tertiary/aromatic N) is 3. The van der Waals surface area contributed by atoms with E-state index in [9.17, 15) is 14.9 Å². The minimum Gasteiger partial charge on any atom is -0.479 e. The number of thiazole rings is 1. The van der Waals surface area contributed by atoms with Gasteiger partial charge in [0.2, 0.25) is 10.8 Å². The van der Waals surface area contributed by atoms with Crippen LogP contribution in [0.5, 0.6) is 5.75 Å². The summed E-state index contributed by atoms with van der Waals surface area (Å²) in [6.07, 6.45) is 0. The van der Waals surface area contributed by atoms with Crippen LogP contribution >= 0.6 is 11.3 Å². The Morgan fingerprint density at radius 2 is 2.25 bits per heavy atom. The molecule has 0 aliphatic rings. The van der Waals surface area contributed by atoms with Crippen LogP contribution in [0.3, 0.4) is 0 Å². The topological polar surface area (TPSA) is 115 Å². The van der Waals surface area contributed by atoms with E-state index in [0.717, 1.165) is 11.3 Å². The lowest BCUT2D eigenvalue weighted by Gasteiger charge is -2.04. The lowest BCUT2D eigenvalue weighted by atomic mass is 10.3. The summed E-state index contributed by atoms with van der Waals surface area (Å²) in [6, 6.07) is 3.04.